The number of thiocarbonyl (C=S) groups is 1. The van der Waals surface area contributed by atoms with E-state index in [0.717, 1.165) is 0 Å². The zero-order valence-corrected chi connectivity index (χ0v) is 9.19. The SMILES string of the molecule is CCOCCOC(=S)NC(=O)OCC. The number of nitrogens with one attached hydrogen (secondary N) is 1. The van der Waals surface area contributed by atoms with Gasteiger partial charge in [0, 0.05) is 6.61 Å². The lowest BCUT2D eigenvalue weighted by Gasteiger charge is -2.08. The third-order valence-electron chi connectivity index (χ3n) is 1.14. The van der Waals surface area contributed by atoms with Crippen molar-refractivity contribution in [1.29, 1.82) is 0 Å². The summed E-state index contributed by atoms with van der Waals surface area (Å²) in [5.74, 6) is 0. The minimum Gasteiger partial charge on any atom is -0.468 e. The van der Waals surface area contributed by atoms with Crippen molar-refractivity contribution in [2.75, 3.05) is 26.4 Å². The predicted molar refractivity (Wildman–Crippen MR) is 55.2 cm³/mol. The Labute approximate surface area is 88.7 Å². The average molecular weight is 221 g/mol. The smallest absolute Gasteiger partial charge is 0.414 e. The fourth-order valence-electron chi connectivity index (χ4n) is 0.624. The van der Waals surface area contributed by atoms with E-state index in [1.54, 1.807) is 6.92 Å². The van der Waals surface area contributed by atoms with Crippen molar-refractivity contribution in [3.63, 3.8) is 0 Å². The van der Waals surface area contributed by atoms with Crippen molar-refractivity contribution in [3.05, 3.63) is 0 Å². The van der Waals surface area contributed by atoms with E-state index in [1.807, 2.05) is 6.92 Å². The highest BCUT2D eigenvalue weighted by Crippen LogP contribution is 1.83. The molecule has 0 heterocycles. The van der Waals surface area contributed by atoms with Crippen molar-refractivity contribution < 1.29 is 19.0 Å². The maximum Gasteiger partial charge on any atom is 0.414 e. The van der Waals surface area contributed by atoms with Gasteiger partial charge in [0.05, 0.1) is 13.2 Å². The van der Waals surface area contributed by atoms with E-state index in [4.69, 9.17) is 21.7 Å². The second-order valence-electron chi connectivity index (χ2n) is 2.18. The molecule has 0 aromatic carbocycles. The van der Waals surface area contributed by atoms with Gasteiger partial charge in [-0.3, -0.25) is 5.32 Å². The third kappa shape index (κ3) is 7.75. The summed E-state index contributed by atoms with van der Waals surface area (Å²) in [6.07, 6.45) is -0.603. The lowest BCUT2D eigenvalue weighted by molar-refractivity contribution is 0.104. The van der Waals surface area contributed by atoms with Crippen LogP contribution in [0.4, 0.5) is 4.79 Å². The lowest BCUT2D eigenvalue weighted by Crippen LogP contribution is -2.32. The Hall–Kier alpha value is -0.880. The fourth-order valence-corrected chi connectivity index (χ4v) is 0.791. The van der Waals surface area contributed by atoms with Crippen LogP contribution >= 0.6 is 12.2 Å². The molecule has 6 heteroatoms. The van der Waals surface area contributed by atoms with Gasteiger partial charge in [0.1, 0.15) is 6.61 Å². The largest absolute Gasteiger partial charge is 0.468 e. The molecule has 1 N–H and O–H groups in total. The standard InChI is InChI=1S/C8H15NO4S/c1-3-11-5-6-13-8(14)9-7(10)12-4-2/h3-6H2,1-2H3,(H,9,10,14). The van der Waals surface area contributed by atoms with Crippen LogP contribution in [0.3, 0.4) is 0 Å². The van der Waals surface area contributed by atoms with Gasteiger partial charge in [0.2, 0.25) is 0 Å². The van der Waals surface area contributed by atoms with E-state index < -0.39 is 6.09 Å². The molecule has 14 heavy (non-hydrogen) atoms. The summed E-state index contributed by atoms with van der Waals surface area (Å²) < 4.78 is 14.6. The molecule has 0 spiro atoms. The normalized spacial score (nSPS) is 9.29. The first-order valence-electron chi connectivity index (χ1n) is 4.39. The molecule has 0 fully saturated rings. The van der Waals surface area contributed by atoms with Gasteiger partial charge in [-0.05, 0) is 26.1 Å². The number of rotatable bonds is 5. The quantitative estimate of drug-likeness (QED) is 0.556. The molecular weight excluding hydrogens is 206 g/mol. The van der Waals surface area contributed by atoms with Gasteiger partial charge in [0.15, 0.2) is 0 Å². The molecule has 82 valence electrons. The zero-order chi connectivity index (χ0) is 10.8. The van der Waals surface area contributed by atoms with Crippen LogP contribution in [-0.4, -0.2) is 37.7 Å². The van der Waals surface area contributed by atoms with Crippen LogP contribution in [0.25, 0.3) is 0 Å². The highest BCUT2D eigenvalue weighted by atomic mass is 32.1. The first kappa shape index (κ1) is 13.1. The average Bonchev–Trinajstić information content (AvgIpc) is 2.13. The molecule has 5 nitrogen and oxygen atoms in total. The molecule has 0 aromatic rings. The number of hydrogen-bond donors (Lipinski definition) is 1. The van der Waals surface area contributed by atoms with Gasteiger partial charge < -0.3 is 14.2 Å². The molecule has 0 saturated heterocycles. The number of carbonyl (C=O) groups is 1. The fraction of sp³-hybridized carbons (Fsp3) is 0.750. The van der Waals surface area contributed by atoms with E-state index >= 15 is 0 Å². The van der Waals surface area contributed by atoms with E-state index in [0.29, 0.717) is 26.4 Å². The van der Waals surface area contributed by atoms with E-state index in [1.165, 1.54) is 0 Å². The predicted octanol–water partition coefficient (Wildman–Crippen LogP) is 1.07. The van der Waals surface area contributed by atoms with Gasteiger partial charge in [-0.25, -0.2) is 4.79 Å². The van der Waals surface area contributed by atoms with Gasteiger partial charge in [-0.1, -0.05) is 0 Å². The molecular formula is C8H15NO4S. The second-order valence-corrected chi connectivity index (χ2v) is 2.55. The highest BCUT2D eigenvalue weighted by Gasteiger charge is 2.04. The first-order valence-corrected chi connectivity index (χ1v) is 4.79. The minimum atomic E-state index is -0.603. The molecule has 0 aliphatic heterocycles. The van der Waals surface area contributed by atoms with Crippen LogP contribution in [-0.2, 0) is 14.2 Å². The van der Waals surface area contributed by atoms with Gasteiger partial charge >= 0.3 is 6.09 Å². The molecule has 1 amide bonds. The Morgan fingerprint density at radius 3 is 2.50 bits per heavy atom. The van der Waals surface area contributed by atoms with Crippen LogP contribution in [0.1, 0.15) is 13.8 Å². The zero-order valence-electron chi connectivity index (χ0n) is 8.37. The summed E-state index contributed by atoms with van der Waals surface area (Å²) in [6, 6.07) is 0. The van der Waals surface area contributed by atoms with Gasteiger partial charge in [0.25, 0.3) is 5.17 Å². The summed E-state index contributed by atoms with van der Waals surface area (Å²) in [5, 5.41) is 2.25. The molecule has 0 aromatic heterocycles. The molecule has 0 radical (unpaired) electrons. The molecule has 0 unspecified atom stereocenters. The van der Waals surface area contributed by atoms with Crippen LogP contribution in [0.5, 0.6) is 0 Å². The topological polar surface area (TPSA) is 56.8 Å². The van der Waals surface area contributed by atoms with E-state index in [-0.39, 0.29) is 5.17 Å². The van der Waals surface area contributed by atoms with Crippen LogP contribution in [0.15, 0.2) is 0 Å². The van der Waals surface area contributed by atoms with Gasteiger partial charge in [-0.2, -0.15) is 0 Å². The summed E-state index contributed by atoms with van der Waals surface area (Å²) in [4.78, 5) is 10.8. The van der Waals surface area contributed by atoms with E-state index in [2.05, 4.69) is 10.1 Å². The summed E-state index contributed by atoms with van der Waals surface area (Å²) >= 11 is 4.70. The van der Waals surface area contributed by atoms with Crippen LogP contribution in [0, 0.1) is 0 Å². The Morgan fingerprint density at radius 1 is 1.21 bits per heavy atom. The maximum absolute atomic E-state index is 10.8. The van der Waals surface area contributed by atoms with Crippen LogP contribution in [0.2, 0.25) is 0 Å². The van der Waals surface area contributed by atoms with Crippen LogP contribution < -0.4 is 5.32 Å². The molecule has 0 aliphatic carbocycles. The third-order valence-corrected chi connectivity index (χ3v) is 1.36. The summed E-state index contributed by atoms with van der Waals surface area (Å²) in [7, 11) is 0. The number of carbonyl (C=O) groups excluding carboxylic acids is 1. The lowest BCUT2D eigenvalue weighted by atomic mass is 10.7. The van der Waals surface area contributed by atoms with Crippen molar-refractivity contribution in [1.82, 2.24) is 5.32 Å². The maximum atomic E-state index is 10.8. The highest BCUT2D eigenvalue weighted by molar-refractivity contribution is 7.80. The molecule has 0 saturated carbocycles. The Bertz CT molecular complexity index is 186. The minimum absolute atomic E-state index is 0.00292. The Balaban J connectivity index is 3.40. The van der Waals surface area contributed by atoms with Crippen molar-refractivity contribution in [2.24, 2.45) is 0 Å². The second kappa shape index (κ2) is 8.71. The Morgan fingerprint density at radius 2 is 1.93 bits per heavy atom. The Kier molecular flexibility index (Phi) is 8.16. The van der Waals surface area contributed by atoms with Crippen molar-refractivity contribution in [2.45, 2.75) is 13.8 Å². The number of amides is 1. The first-order chi connectivity index (χ1) is 6.70. The summed E-state index contributed by atoms with van der Waals surface area (Å²) in [6.45, 7) is 5.28. The number of ether oxygens (including phenoxy) is 3. The summed E-state index contributed by atoms with van der Waals surface area (Å²) in [5.41, 5.74) is 0. The molecule has 0 bridgehead atoms. The van der Waals surface area contributed by atoms with E-state index in [9.17, 15) is 4.79 Å². The molecule has 0 aliphatic rings. The van der Waals surface area contributed by atoms with Gasteiger partial charge in [-0.15, -0.1) is 0 Å². The molecule has 0 atom stereocenters. The van der Waals surface area contributed by atoms with Crippen molar-refractivity contribution >= 4 is 23.5 Å². The number of hydrogen-bond acceptors (Lipinski definition) is 5. The molecule has 0 rings (SSSR count). The monoisotopic (exact) mass is 221 g/mol. The number of alkyl carbamates (subject to hydrolysis) is 1. The van der Waals surface area contributed by atoms with Crippen molar-refractivity contribution in [3.8, 4) is 0 Å².